The lowest BCUT2D eigenvalue weighted by Crippen LogP contribution is -2.35. The number of nitrogens with zero attached hydrogens (tertiary/aromatic N) is 1. The van der Waals surface area contributed by atoms with Gasteiger partial charge in [-0.2, -0.15) is 0 Å². The molecule has 0 spiro atoms. The van der Waals surface area contributed by atoms with Gasteiger partial charge in [0.15, 0.2) is 11.5 Å². The summed E-state index contributed by atoms with van der Waals surface area (Å²) in [6, 6.07) is 6.17. The molecule has 0 saturated heterocycles. The first-order valence-electron chi connectivity index (χ1n) is 5.81. The van der Waals surface area contributed by atoms with Gasteiger partial charge >= 0.3 is 0 Å². The van der Waals surface area contributed by atoms with Crippen molar-refractivity contribution in [1.82, 2.24) is 10.3 Å². The number of aryl methyl sites for hydroxylation is 1. The van der Waals surface area contributed by atoms with Crippen molar-refractivity contribution in [2.45, 2.75) is 26.2 Å². The predicted octanol–water partition coefficient (Wildman–Crippen LogP) is 1.92. The molecule has 2 rings (SSSR count). The van der Waals surface area contributed by atoms with Crippen molar-refractivity contribution < 1.29 is 4.42 Å². The van der Waals surface area contributed by atoms with Crippen LogP contribution in [0.4, 0.5) is 0 Å². The maximum Gasteiger partial charge on any atom is 0.192 e. The van der Waals surface area contributed by atoms with Crippen molar-refractivity contribution in [3.8, 4) is 0 Å². The van der Waals surface area contributed by atoms with E-state index in [-0.39, 0.29) is 5.41 Å². The molecule has 0 bridgehead atoms. The predicted molar refractivity (Wildman–Crippen MR) is 68.8 cm³/mol. The molecular weight excluding hydrogens is 214 g/mol. The second-order valence-electron chi connectivity index (χ2n) is 4.93. The van der Waals surface area contributed by atoms with Crippen LogP contribution in [0.15, 0.2) is 22.6 Å². The summed E-state index contributed by atoms with van der Waals surface area (Å²) in [6.07, 6.45) is 0. The number of hydrogen-bond acceptors (Lipinski definition) is 4. The van der Waals surface area contributed by atoms with Gasteiger partial charge in [0.2, 0.25) is 0 Å². The molecule has 1 aromatic heterocycles. The third kappa shape index (κ3) is 2.48. The van der Waals surface area contributed by atoms with E-state index in [2.05, 4.69) is 36.3 Å². The molecule has 1 heterocycles. The SMILES string of the molecule is Cc1nc2ccc(C(C)(C)CNCN)cc2o1. The van der Waals surface area contributed by atoms with Gasteiger partial charge in [-0.15, -0.1) is 0 Å². The van der Waals surface area contributed by atoms with E-state index in [9.17, 15) is 0 Å². The monoisotopic (exact) mass is 233 g/mol. The van der Waals surface area contributed by atoms with E-state index >= 15 is 0 Å². The van der Waals surface area contributed by atoms with E-state index in [4.69, 9.17) is 10.2 Å². The third-order valence-corrected chi connectivity index (χ3v) is 2.99. The van der Waals surface area contributed by atoms with E-state index in [1.807, 2.05) is 13.0 Å². The first-order chi connectivity index (χ1) is 8.03. The fourth-order valence-electron chi connectivity index (χ4n) is 1.95. The Labute approximate surface area is 101 Å². The van der Waals surface area contributed by atoms with E-state index in [0.717, 1.165) is 17.6 Å². The minimum Gasteiger partial charge on any atom is -0.441 e. The molecule has 0 aliphatic rings. The lowest BCUT2D eigenvalue weighted by molar-refractivity contribution is 0.473. The number of oxazole rings is 1. The van der Waals surface area contributed by atoms with Gasteiger partial charge < -0.3 is 15.5 Å². The molecule has 0 atom stereocenters. The highest BCUT2D eigenvalue weighted by molar-refractivity contribution is 5.73. The minimum atomic E-state index is 0.0221. The van der Waals surface area contributed by atoms with Crippen LogP contribution in [-0.4, -0.2) is 18.2 Å². The molecule has 2 aromatic rings. The summed E-state index contributed by atoms with van der Waals surface area (Å²) < 4.78 is 5.55. The van der Waals surface area contributed by atoms with Crippen LogP contribution < -0.4 is 11.1 Å². The lowest BCUT2D eigenvalue weighted by Gasteiger charge is -2.25. The van der Waals surface area contributed by atoms with Crippen LogP contribution in [-0.2, 0) is 5.41 Å². The van der Waals surface area contributed by atoms with Gasteiger partial charge in [-0.05, 0) is 17.7 Å². The van der Waals surface area contributed by atoms with Gasteiger partial charge in [-0.1, -0.05) is 19.9 Å². The molecule has 0 unspecified atom stereocenters. The Morgan fingerprint density at radius 2 is 2.18 bits per heavy atom. The van der Waals surface area contributed by atoms with Crippen LogP contribution >= 0.6 is 0 Å². The molecular formula is C13H19N3O. The van der Waals surface area contributed by atoms with E-state index in [1.165, 1.54) is 5.56 Å². The summed E-state index contributed by atoms with van der Waals surface area (Å²) in [6.45, 7) is 7.55. The van der Waals surface area contributed by atoms with Crippen LogP contribution in [0.3, 0.4) is 0 Å². The highest BCUT2D eigenvalue weighted by Gasteiger charge is 2.20. The van der Waals surface area contributed by atoms with E-state index in [0.29, 0.717) is 12.6 Å². The van der Waals surface area contributed by atoms with Crippen molar-refractivity contribution in [2.75, 3.05) is 13.2 Å². The van der Waals surface area contributed by atoms with Gasteiger partial charge in [0.25, 0.3) is 0 Å². The highest BCUT2D eigenvalue weighted by Crippen LogP contribution is 2.26. The average Bonchev–Trinajstić information content (AvgIpc) is 2.65. The minimum absolute atomic E-state index is 0.0221. The zero-order valence-electron chi connectivity index (χ0n) is 10.6. The molecule has 4 nitrogen and oxygen atoms in total. The number of fused-ring (bicyclic) bond motifs is 1. The van der Waals surface area contributed by atoms with Gasteiger partial charge in [0.05, 0.1) is 0 Å². The molecule has 3 N–H and O–H groups in total. The Kier molecular flexibility index (Phi) is 3.17. The Hall–Kier alpha value is -1.39. The Morgan fingerprint density at radius 3 is 2.88 bits per heavy atom. The number of nitrogens with one attached hydrogen (secondary N) is 1. The van der Waals surface area contributed by atoms with Crippen molar-refractivity contribution >= 4 is 11.1 Å². The third-order valence-electron chi connectivity index (χ3n) is 2.99. The molecule has 0 aliphatic heterocycles. The summed E-state index contributed by atoms with van der Waals surface area (Å²) in [5.41, 5.74) is 8.47. The normalized spacial score (nSPS) is 12.2. The Bertz CT molecular complexity index is 516. The van der Waals surface area contributed by atoms with Gasteiger partial charge in [-0.3, -0.25) is 0 Å². The number of aromatic nitrogens is 1. The Balaban J connectivity index is 2.34. The summed E-state index contributed by atoms with van der Waals surface area (Å²) in [4.78, 5) is 4.30. The topological polar surface area (TPSA) is 64.1 Å². The summed E-state index contributed by atoms with van der Waals surface area (Å²) >= 11 is 0. The molecule has 0 fully saturated rings. The van der Waals surface area contributed by atoms with Crippen LogP contribution in [0.25, 0.3) is 11.1 Å². The van der Waals surface area contributed by atoms with Crippen LogP contribution in [0.1, 0.15) is 25.3 Å². The van der Waals surface area contributed by atoms with Crippen molar-refractivity contribution in [3.05, 3.63) is 29.7 Å². The molecule has 1 aromatic carbocycles. The molecule has 0 radical (unpaired) electrons. The van der Waals surface area contributed by atoms with E-state index < -0.39 is 0 Å². The van der Waals surface area contributed by atoms with Crippen LogP contribution in [0, 0.1) is 6.92 Å². The summed E-state index contributed by atoms with van der Waals surface area (Å²) in [5, 5.41) is 3.17. The summed E-state index contributed by atoms with van der Waals surface area (Å²) in [7, 11) is 0. The standard InChI is InChI=1S/C13H19N3O/c1-9-16-11-5-4-10(6-12(11)17-9)13(2,3)7-15-8-14/h4-6,15H,7-8,14H2,1-3H3. The zero-order chi connectivity index (χ0) is 12.5. The molecule has 0 saturated carbocycles. The van der Waals surface area contributed by atoms with Crippen molar-refractivity contribution in [1.29, 1.82) is 0 Å². The number of benzene rings is 1. The fourth-order valence-corrected chi connectivity index (χ4v) is 1.95. The first-order valence-corrected chi connectivity index (χ1v) is 5.81. The quantitative estimate of drug-likeness (QED) is 0.792. The first kappa shape index (κ1) is 12.1. The van der Waals surface area contributed by atoms with E-state index in [1.54, 1.807) is 0 Å². The van der Waals surface area contributed by atoms with Gasteiger partial charge in [0, 0.05) is 25.6 Å². The smallest absolute Gasteiger partial charge is 0.192 e. The van der Waals surface area contributed by atoms with Crippen LogP contribution in [0.5, 0.6) is 0 Å². The fraction of sp³-hybridized carbons (Fsp3) is 0.462. The van der Waals surface area contributed by atoms with Crippen molar-refractivity contribution in [3.63, 3.8) is 0 Å². The largest absolute Gasteiger partial charge is 0.441 e. The zero-order valence-corrected chi connectivity index (χ0v) is 10.6. The number of rotatable bonds is 4. The highest BCUT2D eigenvalue weighted by atomic mass is 16.3. The molecule has 0 amide bonds. The van der Waals surface area contributed by atoms with Gasteiger partial charge in [0.1, 0.15) is 5.52 Å². The van der Waals surface area contributed by atoms with Crippen LogP contribution in [0.2, 0.25) is 0 Å². The molecule has 17 heavy (non-hydrogen) atoms. The second kappa shape index (κ2) is 4.47. The lowest BCUT2D eigenvalue weighted by atomic mass is 9.84. The molecule has 4 heteroatoms. The Morgan fingerprint density at radius 1 is 1.41 bits per heavy atom. The number of hydrogen-bond donors (Lipinski definition) is 2. The summed E-state index contributed by atoms with van der Waals surface area (Å²) in [5.74, 6) is 0.704. The maximum atomic E-state index is 5.55. The molecule has 0 aliphatic carbocycles. The van der Waals surface area contributed by atoms with Crippen molar-refractivity contribution in [2.24, 2.45) is 5.73 Å². The second-order valence-corrected chi connectivity index (χ2v) is 4.93. The average molecular weight is 233 g/mol. The molecule has 92 valence electrons. The van der Waals surface area contributed by atoms with Gasteiger partial charge in [-0.25, -0.2) is 4.98 Å². The maximum absolute atomic E-state index is 5.55. The number of nitrogens with two attached hydrogens (primary N) is 1.